The van der Waals surface area contributed by atoms with Gasteiger partial charge >= 0.3 is 0 Å². The molecular formula is C10H10N2O. The van der Waals surface area contributed by atoms with Gasteiger partial charge < -0.3 is 15.8 Å². The molecule has 0 spiro atoms. The Balaban J connectivity index is 2.59. The lowest BCUT2D eigenvalue weighted by Crippen LogP contribution is -1.87. The highest BCUT2D eigenvalue weighted by Gasteiger charge is 2.06. The van der Waals surface area contributed by atoms with Crippen LogP contribution in [0.1, 0.15) is 0 Å². The van der Waals surface area contributed by atoms with Gasteiger partial charge in [-0.3, -0.25) is 0 Å². The van der Waals surface area contributed by atoms with E-state index in [1.165, 1.54) is 0 Å². The second-order valence-corrected chi connectivity index (χ2v) is 2.82. The molecule has 4 N–H and O–H groups in total. The van der Waals surface area contributed by atoms with Crippen LogP contribution in [-0.2, 0) is 0 Å². The first kappa shape index (κ1) is 7.73. The van der Waals surface area contributed by atoms with E-state index in [1.807, 2.05) is 18.2 Å². The minimum absolute atomic E-state index is 0.244. The third-order valence-corrected chi connectivity index (χ3v) is 1.97. The second kappa shape index (κ2) is 2.86. The first-order valence-electron chi connectivity index (χ1n) is 4.00. The molecule has 0 atom stereocenters. The number of aromatic hydroxyl groups is 1. The molecule has 1 heterocycles. The summed E-state index contributed by atoms with van der Waals surface area (Å²) < 4.78 is 0. The number of benzene rings is 1. The van der Waals surface area contributed by atoms with Gasteiger partial charge in [-0.1, -0.05) is 18.2 Å². The van der Waals surface area contributed by atoms with E-state index in [0.717, 1.165) is 11.1 Å². The summed E-state index contributed by atoms with van der Waals surface area (Å²) in [6, 6.07) is 8.95. The molecule has 3 heteroatoms. The Morgan fingerprint density at radius 3 is 2.46 bits per heavy atom. The molecule has 2 aromatic rings. The zero-order valence-electron chi connectivity index (χ0n) is 6.99. The van der Waals surface area contributed by atoms with Gasteiger partial charge in [0.05, 0.1) is 0 Å². The topological polar surface area (TPSA) is 62.0 Å². The number of H-pyrrole nitrogens is 1. The van der Waals surface area contributed by atoms with E-state index in [1.54, 1.807) is 18.3 Å². The Labute approximate surface area is 75.8 Å². The molecule has 3 nitrogen and oxygen atoms in total. The van der Waals surface area contributed by atoms with Gasteiger partial charge in [0, 0.05) is 17.3 Å². The molecule has 1 aromatic carbocycles. The average molecular weight is 174 g/mol. The van der Waals surface area contributed by atoms with Gasteiger partial charge in [-0.2, -0.15) is 0 Å². The lowest BCUT2D eigenvalue weighted by atomic mass is 10.1. The Bertz CT molecular complexity index is 420. The van der Waals surface area contributed by atoms with Gasteiger partial charge in [-0.25, -0.2) is 0 Å². The number of nitrogen functional groups attached to an aromatic ring is 1. The lowest BCUT2D eigenvalue weighted by Gasteiger charge is -2.02. The van der Waals surface area contributed by atoms with Crippen molar-refractivity contribution in [1.29, 1.82) is 0 Å². The predicted octanol–water partition coefficient (Wildman–Crippen LogP) is 1.97. The van der Waals surface area contributed by atoms with Crippen molar-refractivity contribution in [2.24, 2.45) is 0 Å². The Hall–Kier alpha value is -1.90. The standard InChI is InChI=1S/C10H10N2O/c11-10-8(5-6-12-10)7-3-1-2-4-9(7)13/h1-6,12-13H,11H2. The first-order chi connectivity index (χ1) is 6.29. The molecule has 0 saturated carbocycles. The SMILES string of the molecule is Nc1[nH]ccc1-c1ccccc1O. The highest BCUT2D eigenvalue weighted by Crippen LogP contribution is 2.31. The van der Waals surface area contributed by atoms with Gasteiger partial charge in [0.2, 0.25) is 0 Å². The average Bonchev–Trinajstić information content (AvgIpc) is 2.52. The summed E-state index contributed by atoms with van der Waals surface area (Å²) in [6.45, 7) is 0. The number of phenolic OH excluding ortho intramolecular Hbond substituents is 1. The summed E-state index contributed by atoms with van der Waals surface area (Å²) in [5, 5.41) is 9.54. The minimum atomic E-state index is 0.244. The van der Waals surface area contributed by atoms with Crippen LogP contribution in [0.5, 0.6) is 5.75 Å². The number of para-hydroxylation sites is 1. The van der Waals surface area contributed by atoms with Crippen LogP contribution >= 0.6 is 0 Å². The number of aromatic nitrogens is 1. The number of aromatic amines is 1. The van der Waals surface area contributed by atoms with E-state index < -0.39 is 0 Å². The zero-order chi connectivity index (χ0) is 9.26. The number of phenols is 1. The Morgan fingerprint density at radius 1 is 1.08 bits per heavy atom. The number of nitrogens with two attached hydrogens (primary N) is 1. The highest BCUT2D eigenvalue weighted by molar-refractivity contribution is 5.78. The predicted molar refractivity (Wildman–Crippen MR) is 52.3 cm³/mol. The van der Waals surface area contributed by atoms with Crippen LogP contribution in [0.3, 0.4) is 0 Å². The Kier molecular flexibility index (Phi) is 1.70. The molecule has 0 saturated heterocycles. The molecule has 0 aliphatic carbocycles. The quantitative estimate of drug-likeness (QED) is 0.619. The van der Waals surface area contributed by atoms with Crippen molar-refractivity contribution in [2.45, 2.75) is 0 Å². The van der Waals surface area contributed by atoms with E-state index >= 15 is 0 Å². The summed E-state index contributed by atoms with van der Waals surface area (Å²) in [5.74, 6) is 0.815. The number of nitrogens with one attached hydrogen (secondary N) is 1. The molecule has 13 heavy (non-hydrogen) atoms. The van der Waals surface area contributed by atoms with E-state index in [0.29, 0.717) is 5.82 Å². The molecule has 0 bridgehead atoms. The van der Waals surface area contributed by atoms with Crippen molar-refractivity contribution in [3.8, 4) is 16.9 Å². The van der Waals surface area contributed by atoms with Crippen LogP contribution in [0.25, 0.3) is 11.1 Å². The second-order valence-electron chi connectivity index (χ2n) is 2.82. The van der Waals surface area contributed by atoms with Crippen molar-refractivity contribution in [2.75, 3.05) is 5.73 Å². The third-order valence-electron chi connectivity index (χ3n) is 1.97. The van der Waals surface area contributed by atoms with Gasteiger partial charge in [-0.15, -0.1) is 0 Å². The fourth-order valence-electron chi connectivity index (χ4n) is 1.32. The largest absolute Gasteiger partial charge is 0.507 e. The highest BCUT2D eigenvalue weighted by atomic mass is 16.3. The maximum atomic E-state index is 9.54. The summed E-state index contributed by atoms with van der Waals surface area (Å²) in [4.78, 5) is 2.86. The molecule has 2 rings (SSSR count). The molecule has 0 aliphatic rings. The fourth-order valence-corrected chi connectivity index (χ4v) is 1.32. The molecule has 0 radical (unpaired) electrons. The molecule has 0 amide bonds. The maximum absolute atomic E-state index is 9.54. The summed E-state index contributed by atoms with van der Waals surface area (Å²) in [6.07, 6.45) is 1.75. The number of rotatable bonds is 1. The van der Waals surface area contributed by atoms with E-state index in [2.05, 4.69) is 4.98 Å². The van der Waals surface area contributed by atoms with E-state index in [4.69, 9.17) is 5.73 Å². The molecule has 0 aliphatic heterocycles. The van der Waals surface area contributed by atoms with Crippen LogP contribution in [0.2, 0.25) is 0 Å². The van der Waals surface area contributed by atoms with Crippen LogP contribution in [0, 0.1) is 0 Å². The lowest BCUT2D eigenvalue weighted by molar-refractivity contribution is 0.477. The zero-order valence-corrected chi connectivity index (χ0v) is 6.99. The smallest absolute Gasteiger partial charge is 0.123 e. The van der Waals surface area contributed by atoms with Crippen LogP contribution in [0.15, 0.2) is 36.5 Å². The van der Waals surface area contributed by atoms with Crippen molar-refractivity contribution in [1.82, 2.24) is 4.98 Å². The van der Waals surface area contributed by atoms with Crippen molar-refractivity contribution in [3.05, 3.63) is 36.5 Å². The number of anilines is 1. The van der Waals surface area contributed by atoms with E-state index in [-0.39, 0.29) is 5.75 Å². The molecular weight excluding hydrogens is 164 g/mol. The van der Waals surface area contributed by atoms with Crippen molar-refractivity contribution in [3.63, 3.8) is 0 Å². The molecule has 66 valence electrons. The Morgan fingerprint density at radius 2 is 1.85 bits per heavy atom. The molecule has 0 unspecified atom stereocenters. The fraction of sp³-hybridized carbons (Fsp3) is 0. The van der Waals surface area contributed by atoms with Crippen LogP contribution < -0.4 is 5.73 Å². The van der Waals surface area contributed by atoms with E-state index in [9.17, 15) is 5.11 Å². The van der Waals surface area contributed by atoms with Crippen LogP contribution in [0.4, 0.5) is 5.82 Å². The maximum Gasteiger partial charge on any atom is 0.123 e. The first-order valence-corrected chi connectivity index (χ1v) is 4.00. The molecule has 0 fully saturated rings. The van der Waals surface area contributed by atoms with Gasteiger partial charge in [0.1, 0.15) is 11.6 Å². The normalized spacial score (nSPS) is 10.2. The summed E-state index contributed by atoms with van der Waals surface area (Å²) >= 11 is 0. The van der Waals surface area contributed by atoms with Gasteiger partial charge in [0.15, 0.2) is 0 Å². The number of hydrogen-bond donors (Lipinski definition) is 3. The number of hydrogen-bond acceptors (Lipinski definition) is 2. The van der Waals surface area contributed by atoms with Gasteiger partial charge in [0.25, 0.3) is 0 Å². The van der Waals surface area contributed by atoms with Crippen molar-refractivity contribution < 1.29 is 5.11 Å². The van der Waals surface area contributed by atoms with Crippen molar-refractivity contribution >= 4 is 5.82 Å². The minimum Gasteiger partial charge on any atom is -0.507 e. The summed E-state index contributed by atoms with van der Waals surface area (Å²) in [7, 11) is 0. The molecule has 1 aromatic heterocycles. The van der Waals surface area contributed by atoms with Crippen LogP contribution in [-0.4, -0.2) is 10.1 Å². The summed E-state index contributed by atoms with van der Waals surface area (Å²) in [5.41, 5.74) is 7.26. The third kappa shape index (κ3) is 1.24. The van der Waals surface area contributed by atoms with Gasteiger partial charge in [-0.05, 0) is 12.1 Å². The monoisotopic (exact) mass is 174 g/mol.